The van der Waals surface area contributed by atoms with E-state index in [2.05, 4.69) is 21.2 Å². The van der Waals surface area contributed by atoms with E-state index < -0.39 is 43.8 Å². The number of anilines is 1. The van der Waals surface area contributed by atoms with E-state index in [4.69, 9.17) is 6.42 Å². The van der Waals surface area contributed by atoms with Crippen LogP contribution in [0, 0.1) is 24.0 Å². The molecule has 0 unspecified atom stereocenters. The fraction of sp³-hybridized carbons (Fsp3) is 0.423. The number of piperidine rings is 1. The molecule has 2 N–H and O–H groups in total. The van der Waals surface area contributed by atoms with Crippen LogP contribution in [0.25, 0.3) is 11.0 Å². The number of hydrogen-bond donors (Lipinski definition) is 2. The molecule has 0 amide bonds. The van der Waals surface area contributed by atoms with Crippen molar-refractivity contribution in [2.45, 2.75) is 61.6 Å². The van der Waals surface area contributed by atoms with Crippen molar-refractivity contribution in [2.75, 3.05) is 18.4 Å². The Morgan fingerprint density at radius 1 is 1.21 bits per heavy atom. The maximum Gasteiger partial charge on any atom is 0.268 e. The van der Waals surface area contributed by atoms with Crippen molar-refractivity contribution in [1.82, 2.24) is 18.8 Å². The van der Waals surface area contributed by atoms with Crippen molar-refractivity contribution in [2.24, 2.45) is 0 Å². The third kappa shape index (κ3) is 4.55. The zero-order valence-electron chi connectivity index (χ0n) is 20.7. The van der Waals surface area contributed by atoms with Crippen LogP contribution < -0.4 is 10.9 Å². The Hall–Kier alpha value is -3.40. The molecule has 2 aromatic heterocycles. The van der Waals surface area contributed by atoms with Crippen LogP contribution in [-0.4, -0.2) is 57.1 Å². The van der Waals surface area contributed by atoms with Crippen molar-refractivity contribution >= 4 is 27.0 Å². The first kappa shape index (κ1) is 26.2. The summed E-state index contributed by atoms with van der Waals surface area (Å²) in [6.45, 7) is 1.78. The van der Waals surface area contributed by atoms with E-state index in [1.54, 1.807) is 19.2 Å². The molecule has 38 heavy (non-hydrogen) atoms. The van der Waals surface area contributed by atoms with Crippen molar-refractivity contribution in [1.29, 1.82) is 0 Å². The average Bonchev–Trinajstić information content (AvgIpc) is 3.22. The summed E-state index contributed by atoms with van der Waals surface area (Å²) in [5.74, 6) is 0.382. The highest BCUT2D eigenvalue weighted by Gasteiger charge is 2.40. The number of halogens is 2. The second-order valence-electron chi connectivity index (χ2n) is 9.99. The van der Waals surface area contributed by atoms with Crippen LogP contribution in [0.5, 0.6) is 0 Å². The molecule has 12 heteroatoms. The van der Waals surface area contributed by atoms with Crippen LogP contribution >= 0.6 is 0 Å². The molecule has 2 fully saturated rings. The number of aliphatic hydroxyl groups is 1. The van der Waals surface area contributed by atoms with Gasteiger partial charge in [-0.05, 0) is 57.2 Å². The molecule has 1 aliphatic heterocycles. The Morgan fingerprint density at radius 2 is 1.89 bits per heavy atom. The average molecular weight is 544 g/mol. The monoisotopic (exact) mass is 543 g/mol. The molecule has 2 aliphatic rings. The Balaban J connectivity index is 1.39. The zero-order chi connectivity index (χ0) is 27.2. The zero-order valence-corrected chi connectivity index (χ0v) is 21.5. The van der Waals surface area contributed by atoms with Crippen molar-refractivity contribution in [3.05, 3.63) is 58.0 Å². The largest absolute Gasteiger partial charge is 0.388 e. The van der Waals surface area contributed by atoms with Gasteiger partial charge in [0.25, 0.3) is 5.56 Å². The number of aromatic nitrogens is 3. The van der Waals surface area contributed by atoms with Gasteiger partial charge in [0, 0.05) is 30.7 Å². The first-order chi connectivity index (χ1) is 18.0. The van der Waals surface area contributed by atoms with E-state index in [0.717, 1.165) is 28.9 Å². The molecular formula is C26H27F2N5O4S. The lowest BCUT2D eigenvalue weighted by Crippen LogP contribution is -2.43. The number of terminal acetylenes is 1. The lowest BCUT2D eigenvalue weighted by atomic mass is 9.99. The molecule has 1 saturated carbocycles. The molecule has 200 valence electrons. The second-order valence-corrected chi connectivity index (χ2v) is 11.9. The van der Waals surface area contributed by atoms with Crippen LogP contribution in [0.1, 0.15) is 50.6 Å². The first-order valence-corrected chi connectivity index (χ1v) is 13.8. The van der Waals surface area contributed by atoms with E-state index in [-0.39, 0.29) is 30.6 Å². The molecule has 1 aliphatic carbocycles. The highest BCUT2D eigenvalue weighted by molar-refractivity contribution is 7.89. The molecule has 3 heterocycles. The predicted octanol–water partition coefficient (Wildman–Crippen LogP) is 2.79. The molecule has 1 saturated heterocycles. The summed E-state index contributed by atoms with van der Waals surface area (Å²) in [7, 11) is -4.34. The minimum absolute atomic E-state index is 0.0442. The number of rotatable bonds is 5. The summed E-state index contributed by atoms with van der Waals surface area (Å²) in [6, 6.07) is 3.78. The summed E-state index contributed by atoms with van der Waals surface area (Å²) in [5.41, 5.74) is -1.01. The third-order valence-electron chi connectivity index (χ3n) is 7.42. The Labute approximate surface area is 218 Å². The summed E-state index contributed by atoms with van der Waals surface area (Å²) >= 11 is 0. The summed E-state index contributed by atoms with van der Waals surface area (Å²) in [5, 5.41) is 14.7. The SMILES string of the molecule is C#Cc1cc2cnc(NC3CCN(S(=O)(=O)c4c(F)cccc4F)CC3)nc2n([C@@H]2CCC[C@@]2(C)O)c1=O. The van der Waals surface area contributed by atoms with Gasteiger partial charge in [-0.1, -0.05) is 12.0 Å². The van der Waals surface area contributed by atoms with Crippen LogP contribution in [0.2, 0.25) is 0 Å². The van der Waals surface area contributed by atoms with Gasteiger partial charge in [0.15, 0.2) is 4.90 Å². The molecule has 3 aromatic rings. The third-order valence-corrected chi connectivity index (χ3v) is 9.37. The van der Waals surface area contributed by atoms with E-state index in [9.17, 15) is 27.1 Å². The van der Waals surface area contributed by atoms with Gasteiger partial charge in [-0.25, -0.2) is 22.2 Å². The molecule has 0 radical (unpaired) electrons. The number of pyridine rings is 1. The molecule has 0 bridgehead atoms. The van der Waals surface area contributed by atoms with Crippen molar-refractivity contribution < 1.29 is 22.3 Å². The van der Waals surface area contributed by atoms with E-state index in [1.807, 2.05) is 0 Å². The van der Waals surface area contributed by atoms with Crippen LogP contribution in [0.3, 0.4) is 0 Å². The number of sulfonamides is 1. The van der Waals surface area contributed by atoms with Gasteiger partial charge in [-0.2, -0.15) is 9.29 Å². The maximum absolute atomic E-state index is 14.1. The fourth-order valence-corrected chi connectivity index (χ4v) is 6.98. The highest BCUT2D eigenvalue weighted by Crippen LogP contribution is 2.39. The fourth-order valence-electron chi connectivity index (χ4n) is 5.40. The van der Waals surface area contributed by atoms with Gasteiger partial charge in [0.1, 0.15) is 17.3 Å². The molecule has 1 aromatic carbocycles. The van der Waals surface area contributed by atoms with Gasteiger partial charge < -0.3 is 10.4 Å². The van der Waals surface area contributed by atoms with Gasteiger partial charge in [-0.3, -0.25) is 9.36 Å². The number of nitrogens with zero attached hydrogens (tertiary/aromatic N) is 4. The topological polar surface area (TPSA) is 117 Å². The Morgan fingerprint density at radius 3 is 2.50 bits per heavy atom. The Kier molecular flexibility index (Phi) is 6.71. The number of nitrogens with one attached hydrogen (secondary N) is 1. The summed E-state index contributed by atoms with van der Waals surface area (Å²) < 4.78 is 56.5. The van der Waals surface area contributed by atoms with Gasteiger partial charge in [0.05, 0.1) is 17.2 Å². The van der Waals surface area contributed by atoms with E-state index in [0.29, 0.717) is 36.7 Å². The lowest BCUT2D eigenvalue weighted by molar-refractivity contribution is 0.0266. The predicted molar refractivity (Wildman–Crippen MR) is 137 cm³/mol. The van der Waals surface area contributed by atoms with Gasteiger partial charge in [-0.15, -0.1) is 6.42 Å². The summed E-state index contributed by atoms with van der Waals surface area (Å²) in [6.07, 6.45) is 9.68. The van der Waals surface area contributed by atoms with Crippen LogP contribution in [0.4, 0.5) is 14.7 Å². The van der Waals surface area contributed by atoms with Crippen LogP contribution in [0.15, 0.2) is 40.2 Å². The maximum atomic E-state index is 14.1. The molecular weight excluding hydrogens is 516 g/mol. The normalized spacial score (nSPS) is 23.0. The number of fused-ring (bicyclic) bond motifs is 1. The molecule has 5 rings (SSSR count). The minimum atomic E-state index is -4.34. The first-order valence-electron chi connectivity index (χ1n) is 12.3. The smallest absolute Gasteiger partial charge is 0.268 e. The molecule has 0 spiro atoms. The van der Waals surface area contributed by atoms with E-state index >= 15 is 0 Å². The van der Waals surface area contributed by atoms with Gasteiger partial charge in [0.2, 0.25) is 16.0 Å². The molecule has 2 atom stereocenters. The highest BCUT2D eigenvalue weighted by atomic mass is 32.2. The lowest BCUT2D eigenvalue weighted by Gasteiger charge is -2.32. The van der Waals surface area contributed by atoms with Crippen molar-refractivity contribution in [3.8, 4) is 12.3 Å². The quantitative estimate of drug-likeness (QED) is 0.475. The number of benzene rings is 1. The Bertz CT molecular complexity index is 1590. The standard InChI is InChI=1S/C26H27F2N5O4S/c1-3-16-14-17-15-29-25(31-23(17)33(24(16)34)21-8-5-11-26(21,2)35)30-18-9-12-32(13-10-18)38(36,37)22-19(27)6-4-7-20(22)28/h1,4,6-7,14-15,18,21,35H,5,8-13H2,2H3,(H,29,30,31)/t21-,26-/m1/s1. The van der Waals surface area contributed by atoms with Gasteiger partial charge >= 0.3 is 0 Å². The second kappa shape index (κ2) is 9.72. The van der Waals surface area contributed by atoms with Crippen molar-refractivity contribution in [3.63, 3.8) is 0 Å². The number of hydrogen-bond acceptors (Lipinski definition) is 7. The van der Waals surface area contributed by atoms with E-state index in [1.165, 1.54) is 4.57 Å². The summed E-state index contributed by atoms with van der Waals surface area (Å²) in [4.78, 5) is 21.2. The van der Waals surface area contributed by atoms with Crippen LogP contribution in [-0.2, 0) is 10.0 Å². The minimum Gasteiger partial charge on any atom is -0.388 e. The molecule has 9 nitrogen and oxygen atoms in total.